The SMILES string of the molecule is CCOC(=O)CCc1ccc2c(c1)ncc1nc(CC)n(CC3CCOCC3)c12. The number of pyridine rings is 1. The fourth-order valence-electron chi connectivity index (χ4n) is 4.20. The van der Waals surface area contributed by atoms with Gasteiger partial charge >= 0.3 is 5.97 Å². The Labute approximate surface area is 171 Å². The van der Waals surface area contributed by atoms with Gasteiger partial charge < -0.3 is 14.0 Å². The molecule has 1 aliphatic rings. The van der Waals surface area contributed by atoms with Gasteiger partial charge in [-0.1, -0.05) is 19.1 Å². The summed E-state index contributed by atoms with van der Waals surface area (Å²) in [6.07, 6.45) is 6.04. The van der Waals surface area contributed by atoms with Crippen molar-refractivity contribution in [2.45, 2.75) is 52.5 Å². The molecular formula is C23H29N3O3. The van der Waals surface area contributed by atoms with Crippen LogP contribution in [0.5, 0.6) is 0 Å². The number of ether oxygens (including phenoxy) is 2. The van der Waals surface area contributed by atoms with Gasteiger partial charge in [-0.15, -0.1) is 0 Å². The summed E-state index contributed by atoms with van der Waals surface area (Å²) < 4.78 is 13.0. The maximum atomic E-state index is 11.7. The van der Waals surface area contributed by atoms with Crippen LogP contribution >= 0.6 is 0 Å². The number of hydrogen-bond acceptors (Lipinski definition) is 5. The van der Waals surface area contributed by atoms with Crippen molar-refractivity contribution in [1.29, 1.82) is 0 Å². The number of nitrogens with zero attached hydrogens (tertiary/aromatic N) is 3. The van der Waals surface area contributed by atoms with E-state index in [0.29, 0.717) is 25.4 Å². The number of imidazole rings is 1. The number of aryl methyl sites for hydroxylation is 2. The summed E-state index contributed by atoms with van der Waals surface area (Å²) in [6.45, 7) is 7.09. The second-order valence-corrected chi connectivity index (χ2v) is 7.70. The number of hydrogen-bond donors (Lipinski definition) is 0. The summed E-state index contributed by atoms with van der Waals surface area (Å²) in [5.74, 6) is 1.59. The Morgan fingerprint density at radius 1 is 1.24 bits per heavy atom. The number of fused-ring (bicyclic) bond motifs is 3. The van der Waals surface area contributed by atoms with Gasteiger partial charge in [-0.3, -0.25) is 9.78 Å². The molecule has 154 valence electrons. The standard InChI is InChI=1S/C23H29N3O3/c1-3-21-25-20-14-24-19-13-16(6-8-22(27)29-4-2)5-7-18(19)23(20)26(21)15-17-9-11-28-12-10-17/h5,7,13-14,17H,3-4,6,8-12,15H2,1-2H3. The third-order valence-corrected chi connectivity index (χ3v) is 5.74. The zero-order chi connectivity index (χ0) is 20.2. The van der Waals surface area contributed by atoms with Gasteiger partial charge in [0.25, 0.3) is 0 Å². The molecule has 0 radical (unpaired) electrons. The Morgan fingerprint density at radius 2 is 2.07 bits per heavy atom. The van der Waals surface area contributed by atoms with E-state index in [1.807, 2.05) is 13.1 Å². The molecule has 0 unspecified atom stereocenters. The van der Waals surface area contributed by atoms with E-state index < -0.39 is 0 Å². The summed E-state index contributed by atoms with van der Waals surface area (Å²) in [5, 5.41) is 1.13. The van der Waals surface area contributed by atoms with Crippen LogP contribution < -0.4 is 0 Å². The van der Waals surface area contributed by atoms with Gasteiger partial charge in [0.2, 0.25) is 0 Å². The predicted octanol–water partition coefficient (Wildman–Crippen LogP) is 4.07. The lowest BCUT2D eigenvalue weighted by molar-refractivity contribution is -0.143. The van der Waals surface area contributed by atoms with Crippen molar-refractivity contribution in [3.63, 3.8) is 0 Å². The van der Waals surface area contributed by atoms with Crippen LogP contribution in [0.4, 0.5) is 0 Å². The molecule has 1 aliphatic heterocycles. The minimum atomic E-state index is -0.155. The number of rotatable bonds is 7. The van der Waals surface area contributed by atoms with Crippen LogP contribution in [0.15, 0.2) is 24.4 Å². The maximum absolute atomic E-state index is 11.7. The molecule has 3 heterocycles. The zero-order valence-corrected chi connectivity index (χ0v) is 17.3. The van der Waals surface area contributed by atoms with Crippen LogP contribution in [-0.2, 0) is 33.7 Å². The van der Waals surface area contributed by atoms with E-state index in [1.165, 1.54) is 5.52 Å². The summed E-state index contributed by atoms with van der Waals surface area (Å²) in [6, 6.07) is 6.32. The van der Waals surface area contributed by atoms with Crippen LogP contribution in [0.1, 0.15) is 44.5 Å². The highest BCUT2D eigenvalue weighted by Crippen LogP contribution is 2.28. The van der Waals surface area contributed by atoms with Crippen LogP contribution in [0, 0.1) is 5.92 Å². The molecule has 0 N–H and O–H groups in total. The van der Waals surface area contributed by atoms with E-state index in [9.17, 15) is 4.79 Å². The molecule has 1 saturated heterocycles. The molecule has 0 saturated carbocycles. The molecule has 2 aromatic heterocycles. The summed E-state index contributed by atoms with van der Waals surface area (Å²) in [4.78, 5) is 21.2. The van der Waals surface area contributed by atoms with Crippen molar-refractivity contribution in [1.82, 2.24) is 14.5 Å². The molecule has 4 rings (SSSR count). The van der Waals surface area contributed by atoms with E-state index >= 15 is 0 Å². The van der Waals surface area contributed by atoms with Crippen LogP contribution in [-0.4, -0.2) is 40.3 Å². The molecule has 0 amide bonds. The molecule has 3 aromatic rings. The van der Waals surface area contributed by atoms with Crippen LogP contribution in [0.3, 0.4) is 0 Å². The van der Waals surface area contributed by atoms with E-state index in [2.05, 4.69) is 34.7 Å². The number of carbonyl (C=O) groups is 1. The highest BCUT2D eigenvalue weighted by molar-refractivity contribution is 6.02. The normalized spacial score (nSPS) is 15.2. The summed E-state index contributed by atoms with van der Waals surface area (Å²) >= 11 is 0. The van der Waals surface area contributed by atoms with Crippen LogP contribution in [0.25, 0.3) is 21.9 Å². The predicted molar refractivity (Wildman–Crippen MR) is 113 cm³/mol. The number of aromatic nitrogens is 3. The minimum absolute atomic E-state index is 0.155. The highest BCUT2D eigenvalue weighted by atomic mass is 16.5. The van der Waals surface area contributed by atoms with Crippen molar-refractivity contribution in [2.24, 2.45) is 5.92 Å². The van der Waals surface area contributed by atoms with Crippen molar-refractivity contribution in [2.75, 3.05) is 19.8 Å². The van der Waals surface area contributed by atoms with Crippen molar-refractivity contribution in [3.8, 4) is 0 Å². The fraction of sp³-hybridized carbons (Fsp3) is 0.522. The Kier molecular flexibility index (Phi) is 6.09. The zero-order valence-electron chi connectivity index (χ0n) is 17.3. The van der Waals surface area contributed by atoms with Crippen molar-refractivity contribution in [3.05, 3.63) is 35.8 Å². The molecule has 6 heteroatoms. The van der Waals surface area contributed by atoms with Gasteiger partial charge in [0, 0.05) is 38.0 Å². The fourth-order valence-corrected chi connectivity index (χ4v) is 4.20. The topological polar surface area (TPSA) is 66.2 Å². The molecule has 0 aliphatic carbocycles. The van der Waals surface area contributed by atoms with E-state index in [-0.39, 0.29) is 5.97 Å². The molecule has 1 aromatic carbocycles. The first-order valence-electron chi connectivity index (χ1n) is 10.7. The lowest BCUT2D eigenvalue weighted by Gasteiger charge is -2.23. The van der Waals surface area contributed by atoms with Gasteiger partial charge in [0.15, 0.2) is 0 Å². The van der Waals surface area contributed by atoms with Gasteiger partial charge in [0.1, 0.15) is 11.3 Å². The Bertz CT molecular complexity index is 1010. The Hall–Kier alpha value is -2.47. The second-order valence-electron chi connectivity index (χ2n) is 7.70. The van der Waals surface area contributed by atoms with E-state index in [4.69, 9.17) is 14.5 Å². The third kappa shape index (κ3) is 4.27. The van der Waals surface area contributed by atoms with Crippen LogP contribution in [0.2, 0.25) is 0 Å². The van der Waals surface area contributed by atoms with Crippen molar-refractivity contribution >= 4 is 27.9 Å². The maximum Gasteiger partial charge on any atom is 0.306 e. The molecule has 0 bridgehead atoms. The van der Waals surface area contributed by atoms with Crippen molar-refractivity contribution < 1.29 is 14.3 Å². The number of benzene rings is 1. The quantitative estimate of drug-likeness (QED) is 0.564. The lowest BCUT2D eigenvalue weighted by atomic mass is 10.00. The van der Waals surface area contributed by atoms with Gasteiger partial charge in [0.05, 0.1) is 23.8 Å². The van der Waals surface area contributed by atoms with E-state index in [1.54, 1.807) is 0 Å². The second kappa shape index (κ2) is 8.91. The lowest BCUT2D eigenvalue weighted by Crippen LogP contribution is -2.21. The first kappa shape index (κ1) is 19.8. The summed E-state index contributed by atoms with van der Waals surface area (Å²) in [7, 11) is 0. The third-order valence-electron chi connectivity index (χ3n) is 5.74. The molecule has 6 nitrogen and oxygen atoms in total. The monoisotopic (exact) mass is 395 g/mol. The van der Waals surface area contributed by atoms with Gasteiger partial charge in [-0.25, -0.2) is 4.98 Å². The average molecular weight is 396 g/mol. The molecule has 0 spiro atoms. The molecular weight excluding hydrogens is 366 g/mol. The number of esters is 1. The average Bonchev–Trinajstić information content (AvgIpc) is 3.11. The first-order valence-corrected chi connectivity index (χ1v) is 10.7. The Balaban J connectivity index is 1.68. The first-order chi connectivity index (χ1) is 14.2. The van der Waals surface area contributed by atoms with Gasteiger partial charge in [-0.2, -0.15) is 0 Å². The summed E-state index contributed by atoms with van der Waals surface area (Å²) in [5.41, 5.74) is 4.19. The van der Waals surface area contributed by atoms with E-state index in [0.717, 1.165) is 66.8 Å². The minimum Gasteiger partial charge on any atom is -0.466 e. The highest BCUT2D eigenvalue weighted by Gasteiger charge is 2.19. The number of carbonyl (C=O) groups excluding carboxylic acids is 1. The van der Waals surface area contributed by atoms with Gasteiger partial charge in [-0.05, 0) is 43.7 Å². The molecule has 29 heavy (non-hydrogen) atoms. The molecule has 1 fully saturated rings. The largest absolute Gasteiger partial charge is 0.466 e. The smallest absolute Gasteiger partial charge is 0.306 e. The molecule has 0 atom stereocenters. The Morgan fingerprint density at radius 3 is 2.83 bits per heavy atom.